The number of hydrogen-bond acceptors (Lipinski definition) is 5. The second-order valence-electron chi connectivity index (χ2n) is 8.72. The van der Waals surface area contributed by atoms with Crippen LogP contribution in [-0.4, -0.2) is 10.8 Å². The van der Waals surface area contributed by atoms with Gasteiger partial charge in [0.25, 0.3) is 5.92 Å². The Balaban J connectivity index is 1.34. The third kappa shape index (κ3) is 6.08. The normalized spacial score (nSPS) is 15.9. The molecule has 0 radical (unpaired) electrons. The summed E-state index contributed by atoms with van der Waals surface area (Å²) in [5, 5.41) is 2.33. The molecule has 0 bridgehead atoms. The predicted molar refractivity (Wildman–Crippen MR) is 132 cm³/mol. The maximum Gasteiger partial charge on any atom is 0.291 e. The number of aromatic nitrogens is 1. The van der Waals surface area contributed by atoms with Crippen molar-refractivity contribution in [2.45, 2.75) is 51.4 Å². The molecule has 178 valence electrons. The molecule has 4 rings (SSSR count). The van der Waals surface area contributed by atoms with Crippen LogP contribution in [-0.2, 0) is 30.0 Å². The molecule has 0 amide bonds. The lowest BCUT2D eigenvalue weighted by Crippen LogP contribution is -2.16. The maximum absolute atomic E-state index is 14.0. The summed E-state index contributed by atoms with van der Waals surface area (Å²) in [5.74, 6) is -1.16. The molecule has 7 heteroatoms. The van der Waals surface area contributed by atoms with Crippen molar-refractivity contribution < 1.29 is 18.3 Å². The molecule has 1 aromatic heterocycles. The molecular weight excluding hydrogens is 454 g/mol. The summed E-state index contributed by atoms with van der Waals surface area (Å²) in [6.45, 7) is 1.57. The number of ether oxygens (including phenoxy) is 1. The summed E-state index contributed by atoms with van der Waals surface area (Å²) >= 11 is 1.36. The number of carbonyl (C=O) groups excluding carboxylic acids is 1. The second-order valence-corrected chi connectivity index (χ2v) is 9.61. The molecule has 1 unspecified atom stereocenters. The lowest BCUT2D eigenvalue weighted by Gasteiger charge is -2.25. The summed E-state index contributed by atoms with van der Waals surface area (Å²) in [6, 6.07) is 11.9. The summed E-state index contributed by atoms with van der Waals surface area (Å²) in [4.78, 5) is 16.5. The van der Waals surface area contributed by atoms with E-state index in [0.717, 1.165) is 37.5 Å². The quantitative estimate of drug-likeness (QED) is 0.338. The fourth-order valence-corrected chi connectivity index (χ4v) is 4.93. The molecule has 1 atom stereocenters. The highest BCUT2D eigenvalue weighted by molar-refractivity contribution is 7.13. The zero-order valence-electron chi connectivity index (χ0n) is 19.1. The number of carbonyl (C=O) groups is 1. The predicted octanol–water partition coefficient (Wildman–Crippen LogP) is 6.88. The summed E-state index contributed by atoms with van der Waals surface area (Å²) < 4.78 is 34.0. The number of nitrogen functional groups attached to an aromatic ring is 1. The third-order valence-corrected chi connectivity index (χ3v) is 6.86. The highest BCUT2D eigenvalue weighted by Crippen LogP contribution is 2.34. The molecule has 2 aromatic carbocycles. The molecule has 0 spiro atoms. The SMILES string of the molecule is C/C=C/C(F)(F)c1ccc(Oc2ccc3c(c2)CC(CCC(=O)Cc2csc(N)n2)CC3)cc1. The van der Waals surface area contributed by atoms with Crippen LogP contribution in [0.15, 0.2) is 60.0 Å². The molecule has 4 nitrogen and oxygen atoms in total. The number of rotatable bonds is 9. The van der Waals surface area contributed by atoms with Gasteiger partial charge in [-0.1, -0.05) is 12.1 Å². The molecule has 3 aromatic rings. The van der Waals surface area contributed by atoms with E-state index in [2.05, 4.69) is 11.1 Å². The van der Waals surface area contributed by atoms with Crippen molar-refractivity contribution in [2.24, 2.45) is 5.92 Å². The number of alkyl halides is 2. The van der Waals surface area contributed by atoms with Crippen molar-refractivity contribution in [1.82, 2.24) is 4.98 Å². The molecule has 0 saturated heterocycles. The van der Waals surface area contributed by atoms with Crippen LogP contribution < -0.4 is 10.5 Å². The number of anilines is 1. The topological polar surface area (TPSA) is 65.2 Å². The molecule has 1 heterocycles. The average molecular weight is 483 g/mol. The Morgan fingerprint density at radius 1 is 1.21 bits per heavy atom. The third-order valence-electron chi connectivity index (χ3n) is 6.14. The van der Waals surface area contributed by atoms with Crippen molar-refractivity contribution in [3.05, 3.63) is 82.4 Å². The number of halogens is 2. The Morgan fingerprint density at radius 2 is 1.97 bits per heavy atom. The van der Waals surface area contributed by atoms with E-state index in [-0.39, 0.29) is 11.3 Å². The fourth-order valence-electron chi connectivity index (χ4n) is 4.36. The first-order chi connectivity index (χ1) is 16.3. The van der Waals surface area contributed by atoms with Gasteiger partial charge in [0.1, 0.15) is 17.3 Å². The van der Waals surface area contributed by atoms with Gasteiger partial charge < -0.3 is 10.5 Å². The van der Waals surface area contributed by atoms with E-state index in [9.17, 15) is 13.6 Å². The van der Waals surface area contributed by atoms with Crippen LogP contribution in [0.2, 0.25) is 0 Å². The Labute approximate surface area is 202 Å². The Bertz CT molecular complexity index is 1170. The fraction of sp³-hybridized carbons (Fsp3) is 0.333. The van der Waals surface area contributed by atoms with Crippen LogP contribution in [0.1, 0.15) is 48.6 Å². The first-order valence-electron chi connectivity index (χ1n) is 11.5. The van der Waals surface area contributed by atoms with Crippen LogP contribution in [0.5, 0.6) is 11.5 Å². The minimum atomic E-state index is -3.00. The minimum Gasteiger partial charge on any atom is -0.457 e. The molecule has 0 saturated carbocycles. The first kappa shape index (κ1) is 24.1. The van der Waals surface area contributed by atoms with Gasteiger partial charge in [0, 0.05) is 23.8 Å². The van der Waals surface area contributed by atoms with E-state index < -0.39 is 5.92 Å². The van der Waals surface area contributed by atoms with Gasteiger partial charge >= 0.3 is 0 Å². The van der Waals surface area contributed by atoms with E-state index in [4.69, 9.17) is 10.5 Å². The summed E-state index contributed by atoms with van der Waals surface area (Å²) in [6.07, 6.45) is 6.90. The second kappa shape index (κ2) is 10.5. The molecule has 0 fully saturated rings. The molecule has 34 heavy (non-hydrogen) atoms. The van der Waals surface area contributed by atoms with Gasteiger partial charge in [0.15, 0.2) is 5.13 Å². The lowest BCUT2D eigenvalue weighted by atomic mass is 9.81. The van der Waals surface area contributed by atoms with Crippen LogP contribution in [0, 0.1) is 5.92 Å². The van der Waals surface area contributed by atoms with Gasteiger partial charge in [0.2, 0.25) is 0 Å². The number of nitrogens with zero attached hydrogens (tertiary/aromatic N) is 1. The number of benzene rings is 2. The molecule has 1 aliphatic rings. The Morgan fingerprint density at radius 3 is 2.68 bits per heavy atom. The van der Waals surface area contributed by atoms with Crippen molar-refractivity contribution in [3.63, 3.8) is 0 Å². The average Bonchev–Trinajstić information content (AvgIpc) is 3.22. The van der Waals surface area contributed by atoms with Crippen LogP contribution in [0.3, 0.4) is 0 Å². The Kier molecular flexibility index (Phi) is 7.41. The molecule has 1 aliphatic carbocycles. The van der Waals surface area contributed by atoms with Gasteiger partial charge in [-0.25, -0.2) is 4.98 Å². The molecular formula is C27H28F2N2O2S. The standard InChI is InChI=1S/C27H28F2N2O2S/c1-2-13-27(28,29)21-7-11-24(12-8-21)33-25-10-6-19-5-3-18(14-20(19)15-25)4-9-23(32)16-22-17-34-26(30)31-22/h2,6-8,10-13,15,17-18H,3-5,9,14,16H2,1H3,(H2,30,31)/b13-2+. The zero-order valence-corrected chi connectivity index (χ0v) is 19.9. The zero-order chi connectivity index (χ0) is 24.1. The maximum atomic E-state index is 14.0. The molecule has 0 aliphatic heterocycles. The summed E-state index contributed by atoms with van der Waals surface area (Å²) in [5.41, 5.74) is 8.85. The monoisotopic (exact) mass is 482 g/mol. The van der Waals surface area contributed by atoms with E-state index in [0.29, 0.717) is 35.4 Å². The number of Topliss-reactive ketones (excluding diaryl/α,β-unsaturated/α-hetero) is 1. The number of nitrogens with two attached hydrogens (primary N) is 1. The van der Waals surface area contributed by atoms with Crippen LogP contribution in [0.4, 0.5) is 13.9 Å². The van der Waals surface area contributed by atoms with Gasteiger partial charge in [0.05, 0.1) is 5.69 Å². The van der Waals surface area contributed by atoms with Crippen LogP contribution in [0.25, 0.3) is 0 Å². The number of aryl methyl sites for hydroxylation is 1. The largest absolute Gasteiger partial charge is 0.457 e. The minimum absolute atomic E-state index is 0.0703. The highest BCUT2D eigenvalue weighted by atomic mass is 32.1. The van der Waals surface area contributed by atoms with Gasteiger partial charge in [-0.3, -0.25) is 4.79 Å². The van der Waals surface area contributed by atoms with E-state index in [1.807, 2.05) is 17.5 Å². The van der Waals surface area contributed by atoms with Crippen LogP contribution >= 0.6 is 11.3 Å². The number of fused-ring (bicyclic) bond motifs is 1. The number of hydrogen-bond donors (Lipinski definition) is 1. The number of allylic oxidation sites excluding steroid dienone is 2. The smallest absolute Gasteiger partial charge is 0.291 e. The number of ketones is 1. The van der Waals surface area contributed by atoms with Crippen molar-refractivity contribution in [2.75, 3.05) is 5.73 Å². The van der Waals surface area contributed by atoms with E-state index in [1.165, 1.54) is 40.7 Å². The van der Waals surface area contributed by atoms with Gasteiger partial charge in [-0.2, -0.15) is 8.78 Å². The van der Waals surface area contributed by atoms with Crippen molar-refractivity contribution >= 4 is 22.3 Å². The van der Waals surface area contributed by atoms with Crippen molar-refractivity contribution in [3.8, 4) is 11.5 Å². The highest BCUT2D eigenvalue weighted by Gasteiger charge is 2.27. The first-order valence-corrected chi connectivity index (χ1v) is 12.3. The summed E-state index contributed by atoms with van der Waals surface area (Å²) in [7, 11) is 0. The van der Waals surface area contributed by atoms with E-state index in [1.54, 1.807) is 19.1 Å². The Hall–Kier alpha value is -3.06. The number of thiazole rings is 1. The van der Waals surface area contributed by atoms with Gasteiger partial charge in [-0.05, 0) is 92.1 Å². The van der Waals surface area contributed by atoms with Gasteiger partial charge in [-0.15, -0.1) is 11.3 Å². The lowest BCUT2D eigenvalue weighted by molar-refractivity contribution is -0.118. The molecule has 2 N–H and O–H groups in total. The van der Waals surface area contributed by atoms with Crippen molar-refractivity contribution in [1.29, 1.82) is 0 Å². The van der Waals surface area contributed by atoms with E-state index >= 15 is 0 Å².